The fourth-order valence-corrected chi connectivity index (χ4v) is 3.24. The molecule has 1 amide bonds. The first-order valence-corrected chi connectivity index (χ1v) is 5.94. The smallest absolute Gasteiger partial charge is 0.317 e. The molecule has 2 rings (SSSR count). The first-order valence-electron chi connectivity index (χ1n) is 5.13. The molecule has 0 spiro atoms. The Balaban J connectivity index is 2.26. The number of fused-ring (bicyclic) bond motifs is 1. The highest BCUT2D eigenvalue weighted by Crippen LogP contribution is 2.34. The van der Waals surface area contributed by atoms with E-state index in [1.165, 1.54) is 11.3 Å². The molecule has 7 heteroatoms. The lowest BCUT2D eigenvalue weighted by Crippen LogP contribution is -2.34. The van der Waals surface area contributed by atoms with Gasteiger partial charge >= 0.3 is 5.97 Å². The van der Waals surface area contributed by atoms with Crippen LogP contribution in [-0.2, 0) is 17.8 Å². The van der Waals surface area contributed by atoms with E-state index in [-0.39, 0.29) is 6.54 Å². The first-order chi connectivity index (χ1) is 7.99. The number of nitrogens with two attached hydrogens (primary N) is 2. The molecule has 1 aliphatic heterocycles. The van der Waals surface area contributed by atoms with Crippen LogP contribution in [0.4, 0.5) is 5.00 Å². The van der Waals surface area contributed by atoms with E-state index in [2.05, 4.69) is 0 Å². The van der Waals surface area contributed by atoms with E-state index in [0.29, 0.717) is 30.1 Å². The normalized spacial score (nSPS) is 15.5. The number of carbonyl (C=O) groups is 2. The minimum atomic E-state index is -0.854. The fraction of sp³-hybridized carbons (Fsp3) is 0.400. The first kappa shape index (κ1) is 11.9. The molecule has 0 radical (unpaired) electrons. The molecule has 6 nitrogen and oxygen atoms in total. The standard InChI is InChI=1S/C10H13N3O3S/c11-9(16)8-5-1-2-13(4-7(14)15)3-6(5)17-10(8)12/h1-4,12H2,(H2,11,16)(H,14,15). The lowest BCUT2D eigenvalue weighted by molar-refractivity contribution is -0.138. The molecule has 1 aromatic rings. The molecule has 92 valence electrons. The summed E-state index contributed by atoms with van der Waals surface area (Å²) in [6, 6.07) is 0. The van der Waals surface area contributed by atoms with Crippen LogP contribution in [0.25, 0.3) is 0 Å². The molecule has 0 fully saturated rings. The van der Waals surface area contributed by atoms with E-state index in [4.69, 9.17) is 16.6 Å². The molecule has 0 bridgehead atoms. The number of nitrogens with zero attached hydrogens (tertiary/aromatic N) is 1. The van der Waals surface area contributed by atoms with Gasteiger partial charge in [0.05, 0.1) is 17.1 Å². The maximum absolute atomic E-state index is 11.3. The molecular weight excluding hydrogens is 242 g/mol. The van der Waals surface area contributed by atoms with Gasteiger partial charge < -0.3 is 16.6 Å². The number of aliphatic carboxylic acids is 1. The Hall–Kier alpha value is -1.60. The number of hydrogen-bond donors (Lipinski definition) is 3. The minimum Gasteiger partial charge on any atom is -0.480 e. The lowest BCUT2D eigenvalue weighted by atomic mass is 10.0. The lowest BCUT2D eigenvalue weighted by Gasteiger charge is -2.25. The minimum absolute atomic E-state index is 0.00312. The van der Waals surface area contributed by atoms with Gasteiger partial charge in [-0.3, -0.25) is 14.5 Å². The van der Waals surface area contributed by atoms with Gasteiger partial charge in [-0.05, 0) is 12.0 Å². The van der Waals surface area contributed by atoms with Crippen LogP contribution < -0.4 is 11.5 Å². The average molecular weight is 255 g/mol. The second kappa shape index (κ2) is 4.34. The quantitative estimate of drug-likeness (QED) is 0.697. The van der Waals surface area contributed by atoms with Gasteiger partial charge in [-0.1, -0.05) is 0 Å². The van der Waals surface area contributed by atoms with Gasteiger partial charge in [0.15, 0.2) is 0 Å². The third-order valence-corrected chi connectivity index (χ3v) is 3.81. The van der Waals surface area contributed by atoms with Crippen molar-refractivity contribution < 1.29 is 14.7 Å². The summed E-state index contributed by atoms with van der Waals surface area (Å²) < 4.78 is 0. The van der Waals surface area contributed by atoms with Gasteiger partial charge in [0, 0.05) is 18.0 Å². The number of rotatable bonds is 3. The van der Waals surface area contributed by atoms with E-state index in [1.54, 1.807) is 0 Å². The summed E-state index contributed by atoms with van der Waals surface area (Å²) in [5.74, 6) is -1.36. The number of primary amides is 1. The van der Waals surface area contributed by atoms with Crippen LogP contribution in [0, 0.1) is 0 Å². The van der Waals surface area contributed by atoms with Crippen LogP contribution in [0.1, 0.15) is 20.8 Å². The third kappa shape index (κ3) is 2.25. The molecule has 0 saturated carbocycles. The summed E-state index contributed by atoms with van der Waals surface area (Å²) in [7, 11) is 0. The van der Waals surface area contributed by atoms with Gasteiger partial charge in [0.25, 0.3) is 5.91 Å². The highest BCUT2D eigenvalue weighted by Gasteiger charge is 2.26. The second-order valence-corrected chi connectivity index (χ2v) is 5.10. The van der Waals surface area contributed by atoms with Crippen molar-refractivity contribution in [3.63, 3.8) is 0 Å². The van der Waals surface area contributed by atoms with Crippen LogP contribution in [0.15, 0.2) is 0 Å². The zero-order valence-corrected chi connectivity index (χ0v) is 9.92. The zero-order chi connectivity index (χ0) is 12.6. The van der Waals surface area contributed by atoms with Crippen molar-refractivity contribution in [2.24, 2.45) is 5.73 Å². The van der Waals surface area contributed by atoms with Gasteiger partial charge in [-0.25, -0.2) is 0 Å². The number of hydrogen-bond acceptors (Lipinski definition) is 5. The summed E-state index contributed by atoms with van der Waals surface area (Å²) in [6.07, 6.45) is 0.620. The summed E-state index contributed by atoms with van der Waals surface area (Å²) >= 11 is 1.32. The Morgan fingerprint density at radius 3 is 2.76 bits per heavy atom. The van der Waals surface area contributed by atoms with Crippen molar-refractivity contribution >= 4 is 28.2 Å². The molecule has 0 saturated heterocycles. The predicted octanol–water partition coefficient (Wildman–Crippen LogP) is -0.128. The highest BCUT2D eigenvalue weighted by molar-refractivity contribution is 7.16. The Morgan fingerprint density at radius 2 is 2.18 bits per heavy atom. The Morgan fingerprint density at radius 1 is 1.47 bits per heavy atom. The number of anilines is 1. The maximum atomic E-state index is 11.3. The zero-order valence-electron chi connectivity index (χ0n) is 9.10. The molecule has 0 aliphatic carbocycles. The number of thiophene rings is 1. The number of nitrogen functional groups attached to an aromatic ring is 1. The fourth-order valence-electron chi connectivity index (χ4n) is 2.07. The van der Waals surface area contributed by atoms with Crippen LogP contribution in [0.3, 0.4) is 0 Å². The van der Waals surface area contributed by atoms with Crippen molar-refractivity contribution in [3.05, 3.63) is 16.0 Å². The molecule has 1 aromatic heterocycles. The SMILES string of the molecule is NC(=O)c1c(N)sc2c1CCN(CC(=O)O)C2. The summed E-state index contributed by atoms with van der Waals surface area (Å²) in [5.41, 5.74) is 12.3. The largest absolute Gasteiger partial charge is 0.480 e. The number of carbonyl (C=O) groups excluding carboxylic acids is 1. The third-order valence-electron chi connectivity index (χ3n) is 2.77. The summed E-state index contributed by atoms with van der Waals surface area (Å²) in [5, 5.41) is 9.15. The van der Waals surface area contributed by atoms with Crippen LogP contribution in [-0.4, -0.2) is 35.0 Å². The molecule has 0 atom stereocenters. The van der Waals surface area contributed by atoms with Gasteiger partial charge in [-0.15, -0.1) is 11.3 Å². The highest BCUT2D eigenvalue weighted by atomic mass is 32.1. The van der Waals surface area contributed by atoms with Crippen LogP contribution in [0.2, 0.25) is 0 Å². The van der Waals surface area contributed by atoms with Crippen LogP contribution in [0.5, 0.6) is 0 Å². The molecule has 0 unspecified atom stereocenters. The van der Waals surface area contributed by atoms with E-state index >= 15 is 0 Å². The van der Waals surface area contributed by atoms with E-state index in [1.807, 2.05) is 4.90 Å². The topological polar surface area (TPSA) is 110 Å². The summed E-state index contributed by atoms with van der Waals surface area (Å²) in [6.45, 7) is 1.13. The Bertz CT molecular complexity index is 483. The number of carboxylic acids is 1. The van der Waals surface area contributed by atoms with Crippen molar-refractivity contribution in [2.45, 2.75) is 13.0 Å². The average Bonchev–Trinajstić information content (AvgIpc) is 2.51. The Kier molecular flexibility index (Phi) is 3.03. The van der Waals surface area contributed by atoms with Crippen molar-refractivity contribution in [3.8, 4) is 0 Å². The van der Waals surface area contributed by atoms with Crippen molar-refractivity contribution in [2.75, 3.05) is 18.8 Å². The monoisotopic (exact) mass is 255 g/mol. The van der Waals surface area contributed by atoms with E-state index in [0.717, 1.165) is 10.4 Å². The number of carboxylic acid groups (broad SMARTS) is 1. The molecule has 5 N–H and O–H groups in total. The molecular formula is C10H13N3O3S. The van der Waals surface area contributed by atoms with Crippen molar-refractivity contribution in [1.82, 2.24) is 4.90 Å². The van der Waals surface area contributed by atoms with Gasteiger partial charge in [0.2, 0.25) is 0 Å². The maximum Gasteiger partial charge on any atom is 0.317 e. The van der Waals surface area contributed by atoms with Crippen molar-refractivity contribution in [1.29, 1.82) is 0 Å². The molecule has 1 aliphatic rings. The molecule has 0 aromatic carbocycles. The molecule has 17 heavy (non-hydrogen) atoms. The van der Waals surface area contributed by atoms with Gasteiger partial charge in [-0.2, -0.15) is 0 Å². The Labute approximate surface area is 102 Å². The van der Waals surface area contributed by atoms with E-state index in [9.17, 15) is 9.59 Å². The van der Waals surface area contributed by atoms with Crippen LogP contribution >= 0.6 is 11.3 Å². The summed E-state index contributed by atoms with van der Waals surface area (Å²) in [4.78, 5) is 24.6. The molecule has 2 heterocycles. The number of amides is 1. The predicted molar refractivity (Wildman–Crippen MR) is 63.9 cm³/mol. The van der Waals surface area contributed by atoms with E-state index < -0.39 is 11.9 Å². The van der Waals surface area contributed by atoms with Gasteiger partial charge in [0.1, 0.15) is 0 Å². The second-order valence-electron chi connectivity index (χ2n) is 3.96.